The number of anilines is 2. The van der Waals surface area contributed by atoms with Crippen molar-refractivity contribution in [3.63, 3.8) is 0 Å². The summed E-state index contributed by atoms with van der Waals surface area (Å²) in [6, 6.07) is 17.5. The van der Waals surface area contributed by atoms with Crippen molar-refractivity contribution in [1.82, 2.24) is 0 Å². The number of thiophene rings is 1. The smallest absolute Gasteiger partial charge is 0.282 e. The molecule has 1 aliphatic rings. The summed E-state index contributed by atoms with van der Waals surface area (Å²) in [5.74, 6) is -0.631. The van der Waals surface area contributed by atoms with E-state index in [4.69, 9.17) is 0 Å². The van der Waals surface area contributed by atoms with Gasteiger partial charge in [0.25, 0.3) is 11.8 Å². The van der Waals surface area contributed by atoms with E-state index in [0.29, 0.717) is 17.0 Å². The Morgan fingerprint density at radius 3 is 2.19 bits per heavy atom. The topological polar surface area (TPSA) is 49.4 Å². The number of carbonyl (C=O) groups excluding carboxylic acids is 2. The summed E-state index contributed by atoms with van der Waals surface area (Å²) in [7, 11) is 0. The Bertz CT molecular complexity index is 1180. The maximum absolute atomic E-state index is 13.5. The van der Waals surface area contributed by atoms with Gasteiger partial charge in [0.15, 0.2) is 0 Å². The maximum atomic E-state index is 13.5. The van der Waals surface area contributed by atoms with Crippen molar-refractivity contribution in [2.45, 2.75) is 40.0 Å². The molecule has 0 fully saturated rings. The van der Waals surface area contributed by atoms with Crippen molar-refractivity contribution in [2.75, 3.05) is 10.2 Å². The van der Waals surface area contributed by atoms with E-state index in [-0.39, 0.29) is 17.2 Å². The summed E-state index contributed by atoms with van der Waals surface area (Å²) in [5.41, 5.74) is 5.35. The van der Waals surface area contributed by atoms with Crippen LogP contribution in [0.2, 0.25) is 0 Å². The third-order valence-electron chi connectivity index (χ3n) is 5.46. The molecule has 0 atom stereocenters. The van der Waals surface area contributed by atoms with E-state index < -0.39 is 0 Å². The predicted octanol–water partition coefficient (Wildman–Crippen LogP) is 6.06. The first-order valence-electron chi connectivity index (χ1n) is 10.3. The monoisotopic (exact) mass is 430 g/mol. The number of aryl methyl sites for hydroxylation is 2. The molecule has 0 bridgehead atoms. The molecule has 0 saturated heterocycles. The number of benzene rings is 2. The highest BCUT2D eigenvalue weighted by atomic mass is 32.1. The average Bonchev–Trinajstić information content (AvgIpc) is 3.30. The Labute approximate surface area is 187 Å². The normalized spacial score (nSPS) is 14.5. The Hall–Kier alpha value is -3.18. The molecular weight excluding hydrogens is 404 g/mol. The number of nitrogens with zero attached hydrogens (tertiary/aromatic N) is 1. The quantitative estimate of drug-likeness (QED) is 0.512. The highest BCUT2D eigenvalue weighted by molar-refractivity contribution is 7.11. The fourth-order valence-electron chi connectivity index (χ4n) is 3.77. The number of imide groups is 1. The van der Waals surface area contributed by atoms with Crippen LogP contribution in [0.5, 0.6) is 0 Å². The second-order valence-electron chi connectivity index (χ2n) is 8.92. The van der Waals surface area contributed by atoms with Crippen LogP contribution >= 0.6 is 11.3 Å². The minimum absolute atomic E-state index is 0.0405. The molecule has 5 heteroatoms. The zero-order valence-electron chi connectivity index (χ0n) is 18.4. The zero-order valence-corrected chi connectivity index (χ0v) is 19.3. The molecule has 0 saturated carbocycles. The molecular formula is C26H26N2O2S. The first kappa shape index (κ1) is 21.1. The first-order chi connectivity index (χ1) is 14.7. The fraction of sp³-hybridized carbons (Fsp3) is 0.231. The van der Waals surface area contributed by atoms with Gasteiger partial charge in [-0.3, -0.25) is 9.59 Å². The summed E-state index contributed by atoms with van der Waals surface area (Å²) in [4.78, 5) is 29.0. The van der Waals surface area contributed by atoms with Crippen LogP contribution in [0.4, 0.5) is 11.4 Å². The van der Waals surface area contributed by atoms with Gasteiger partial charge in [-0.15, -0.1) is 11.3 Å². The van der Waals surface area contributed by atoms with E-state index in [1.807, 2.05) is 61.7 Å². The van der Waals surface area contributed by atoms with E-state index in [1.54, 1.807) is 0 Å². The standard InChI is InChI=1S/C26H26N2O2S/c1-16-8-13-20(17(2)15-16)28-24(29)22(21-7-6-14-31-21)23(25(28)30)27-19-11-9-18(10-12-19)26(3,4)5/h6-15,27H,1-5H3. The third kappa shape index (κ3) is 3.93. The molecule has 3 aromatic rings. The zero-order chi connectivity index (χ0) is 22.3. The minimum Gasteiger partial charge on any atom is -0.350 e. The van der Waals surface area contributed by atoms with Crippen LogP contribution < -0.4 is 10.2 Å². The molecule has 158 valence electrons. The number of nitrogens with one attached hydrogen (secondary N) is 1. The summed E-state index contributed by atoms with van der Waals surface area (Å²) in [5, 5.41) is 5.16. The van der Waals surface area contributed by atoms with Gasteiger partial charge in [-0.05, 0) is 60.0 Å². The molecule has 2 aromatic carbocycles. The lowest BCUT2D eigenvalue weighted by Crippen LogP contribution is -2.33. The van der Waals surface area contributed by atoms with Crippen LogP contribution in [0, 0.1) is 13.8 Å². The third-order valence-corrected chi connectivity index (χ3v) is 6.35. The number of hydrogen-bond donors (Lipinski definition) is 1. The Balaban J connectivity index is 1.76. The van der Waals surface area contributed by atoms with E-state index in [9.17, 15) is 9.59 Å². The summed E-state index contributed by atoms with van der Waals surface area (Å²) >= 11 is 1.45. The Morgan fingerprint density at radius 1 is 0.903 bits per heavy atom. The highest BCUT2D eigenvalue weighted by Crippen LogP contribution is 2.37. The molecule has 0 spiro atoms. The van der Waals surface area contributed by atoms with Gasteiger partial charge in [0.2, 0.25) is 0 Å². The van der Waals surface area contributed by atoms with Crippen molar-refractivity contribution >= 4 is 40.1 Å². The van der Waals surface area contributed by atoms with Crippen molar-refractivity contribution in [3.05, 3.63) is 87.2 Å². The summed E-state index contributed by atoms with van der Waals surface area (Å²) in [6.45, 7) is 10.4. The lowest BCUT2D eigenvalue weighted by atomic mass is 9.87. The highest BCUT2D eigenvalue weighted by Gasteiger charge is 2.41. The molecule has 0 aliphatic carbocycles. The molecule has 0 unspecified atom stereocenters. The van der Waals surface area contributed by atoms with E-state index >= 15 is 0 Å². The van der Waals surface area contributed by atoms with Gasteiger partial charge in [0, 0.05) is 10.6 Å². The lowest BCUT2D eigenvalue weighted by Gasteiger charge is -2.20. The van der Waals surface area contributed by atoms with E-state index in [0.717, 1.165) is 21.7 Å². The Morgan fingerprint density at radius 2 is 1.61 bits per heavy atom. The number of carbonyl (C=O) groups is 2. The molecule has 1 aliphatic heterocycles. The molecule has 4 nitrogen and oxygen atoms in total. The number of hydrogen-bond acceptors (Lipinski definition) is 4. The van der Waals surface area contributed by atoms with Gasteiger partial charge in [-0.25, -0.2) is 4.90 Å². The predicted molar refractivity (Wildman–Crippen MR) is 128 cm³/mol. The van der Waals surface area contributed by atoms with Crippen LogP contribution in [0.3, 0.4) is 0 Å². The van der Waals surface area contributed by atoms with Gasteiger partial charge in [0.05, 0.1) is 11.3 Å². The summed E-state index contributed by atoms with van der Waals surface area (Å²) in [6.07, 6.45) is 0. The lowest BCUT2D eigenvalue weighted by molar-refractivity contribution is -0.120. The van der Waals surface area contributed by atoms with E-state index in [1.165, 1.54) is 21.8 Å². The van der Waals surface area contributed by atoms with Gasteiger partial charge in [0.1, 0.15) is 5.70 Å². The van der Waals surface area contributed by atoms with Crippen molar-refractivity contribution in [2.24, 2.45) is 0 Å². The SMILES string of the molecule is Cc1ccc(N2C(=O)C(Nc3ccc(C(C)(C)C)cc3)=C(c3cccs3)C2=O)c(C)c1. The molecule has 2 amide bonds. The molecule has 1 aromatic heterocycles. The van der Waals surface area contributed by atoms with Crippen LogP contribution in [-0.4, -0.2) is 11.8 Å². The number of rotatable bonds is 4. The van der Waals surface area contributed by atoms with Gasteiger partial charge in [-0.2, -0.15) is 0 Å². The van der Waals surface area contributed by atoms with Gasteiger partial charge >= 0.3 is 0 Å². The Kier molecular flexibility index (Phi) is 5.31. The maximum Gasteiger partial charge on any atom is 0.282 e. The van der Waals surface area contributed by atoms with Gasteiger partial charge in [-0.1, -0.05) is 56.7 Å². The van der Waals surface area contributed by atoms with Crippen molar-refractivity contribution in [3.8, 4) is 0 Å². The second kappa shape index (κ2) is 7.82. The van der Waals surface area contributed by atoms with Crippen molar-refractivity contribution in [1.29, 1.82) is 0 Å². The van der Waals surface area contributed by atoms with Crippen LogP contribution in [-0.2, 0) is 15.0 Å². The second-order valence-corrected chi connectivity index (χ2v) is 9.86. The molecule has 1 N–H and O–H groups in total. The molecule has 31 heavy (non-hydrogen) atoms. The number of amides is 2. The van der Waals surface area contributed by atoms with Crippen LogP contribution in [0.1, 0.15) is 42.3 Å². The molecule has 0 radical (unpaired) electrons. The van der Waals surface area contributed by atoms with Gasteiger partial charge < -0.3 is 5.32 Å². The van der Waals surface area contributed by atoms with Crippen molar-refractivity contribution < 1.29 is 9.59 Å². The molecule has 2 heterocycles. The average molecular weight is 431 g/mol. The van der Waals surface area contributed by atoms with Crippen LogP contribution in [0.25, 0.3) is 5.57 Å². The fourth-order valence-corrected chi connectivity index (χ4v) is 4.54. The first-order valence-corrected chi connectivity index (χ1v) is 11.2. The van der Waals surface area contributed by atoms with Crippen LogP contribution in [0.15, 0.2) is 65.7 Å². The largest absolute Gasteiger partial charge is 0.350 e. The minimum atomic E-state index is -0.333. The van der Waals surface area contributed by atoms with E-state index in [2.05, 4.69) is 38.2 Å². The summed E-state index contributed by atoms with van der Waals surface area (Å²) < 4.78 is 0. The molecule has 4 rings (SSSR count).